The van der Waals surface area contributed by atoms with Gasteiger partial charge in [-0.3, -0.25) is 0 Å². The van der Waals surface area contributed by atoms with Crippen LogP contribution in [0.15, 0.2) is 24.3 Å². The van der Waals surface area contributed by atoms with Crippen molar-refractivity contribution in [2.45, 2.75) is 44.6 Å². The maximum absolute atomic E-state index is 3.73. The Morgan fingerprint density at radius 3 is 2.62 bits per heavy atom. The van der Waals surface area contributed by atoms with Crippen LogP contribution < -0.4 is 5.32 Å². The molecule has 1 N–H and O–H groups in total. The lowest BCUT2D eigenvalue weighted by atomic mass is 9.85. The van der Waals surface area contributed by atoms with Gasteiger partial charge in [-0.1, -0.05) is 25.5 Å². The molecule has 1 fully saturated rings. The van der Waals surface area contributed by atoms with E-state index in [1.54, 1.807) is 0 Å². The summed E-state index contributed by atoms with van der Waals surface area (Å²) in [6, 6.07) is 8.98. The summed E-state index contributed by atoms with van der Waals surface area (Å²) in [5.74, 6) is 0. The summed E-state index contributed by atoms with van der Waals surface area (Å²) < 4.78 is 1.32. The molecule has 1 aromatic carbocycles. The molecule has 88 valence electrons. The average molecular weight is 329 g/mol. The van der Waals surface area contributed by atoms with Gasteiger partial charge in [-0.25, -0.2) is 0 Å². The summed E-state index contributed by atoms with van der Waals surface area (Å²) in [6.45, 7) is 3.49. The maximum Gasteiger partial charge on any atom is 0.0222 e. The first-order chi connectivity index (χ1) is 7.74. The highest BCUT2D eigenvalue weighted by atomic mass is 127. The first kappa shape index (κ1) is 12.4. The molecule has 0 radical (unpaired) electrons. The van der Waals surface area contributed by atoms with Crippen molar-refractivity contribution >= 4 is 22.6 Å². The summed E-state index contributed by atoms with van der Waals surface area (Å²) >= 11 is 2.37. The molecule has 1 aromatic rings. The molecule has 1 heterocycles. The van der Waals surface area contributed by atoms with Crippen molar-refractivity contribution in [3.8, 4) is 0 Å². The summed E-state index contributed by atoms with van der Waals surface area (Å²) in [5.41, 5.74) is 1.87. The van der Waals surface area contributed by atoms with Crippen LogP contribution in [-0.2, 0) is 6.42 Å². The van der Waals surface area contributed by atoms with Crippen LogP contribution in [0.25, 0.3) is 0 Å². The fraction of sp³-hybridized carbons (Fsp3) is 0.571. The Bertz CT molecular complexity index is 325. The van der Waals surface area contributed by atoms with Crippen LogP contribution in [0.3, 0.4) is 0 Å². The molecule has 0 bridgehead atoms. The van der Waals surface area contributed by atoms with E-state index < -0.39 is 0 Å². The van der Waals surface area contributed by atoms with Gasteiger partial charge in [0.1, 0.15) is 0 Å². The molecular formula is C14H20IN. The second-order valence-electron chi connectivity index (χ2n) is 4.86. The predicted octanol–water partition coefficient (Wildman–Crippen LogP) is 3.76. The van der Waals surface area contributed by atoms with E-state index in [0.29, 0.717) is 5.54 Å². The van der Waals surface area contributed by atoms with Crippen molar-refractivity contribution in [3.05, 3.63) is 33.4 Å². The Kier molecular flexibility index (Phi) is 4.25. The highest BCUT2D eigenvalue weighted by molar-refractivity contribution is 14.1. The zero-order valence-corrected chi connectivity index (χ0v) is 12.1. The molecule has 2 rings (SSSR count). The van der Waals surface area contributed by atoms with Gasteiger partial charge in [-0.15, -0.1) is 0 Å². The van der Waals surface area contributed by atoms with Crippen molar-refractivity contribution in [1.82, 2.24) is 5.32 Å². The Labute approximate surface area is 112 Å². The summed E-state index contributed by atoms with van der Waals surface area (Å²) in [4.78, 5) is 0. The minimum absolute atomic E-state index is 0.390. The van der Waals surface area contributed by atoms with Crippen molar-refractivity contribution in [2.75, 3.05) is 6.54 Å². The Morgan fingerprint density at radius 2 is 2.06 bits per heavy atom. The van der Waals surface area contributed by atoms with Crippen LogP contribution in [-0.4, -0.2) is 12.1 Å². The summed E-state index contributed by atoms with van der Waals surface area (Å²) in [7, 11) is 0. The lowest BCUT2D eigenvalue weighted by molar-refractivity contribution is 0.342. The van der Waals surface area contributed by atoms with Gasteiger partial charge in [-0.2, -0.15) is 0 Å². The van der Waals surface area contributed by atoms with Gasteiger partial charge >= 0.3 is 0 Å². The van der Waals surface area contributed by atoms with E-state index in [4.69, 9.17) is 0 Å². The molecule has 0 amide bonds. The molecule has 2 heteroatoms. The third-order valence-corrected chi connectivity index (χ3v) is 4.24. The molecule has 16 heavy (non-hydrogen) atoms. The van der Waals surface area contributed by atoms with Crippen molar-refractivity contribution < 1.29 is 0 Å². The van der Waals surface area contributed by atoms with E-state index in [9.17, 15) is 0 Å². The first-order valence-corrected chi connectivity index (χ1v) is 7.31. The third kappa shape index (κ3) is 2.98. The molecule has 1 saturated heterocycles. The van der Waals surface area contributed by atoms with E-state index in [2.05, 4.69) is 59.1 Å². The van der Waals surface area contributed by atoms with Crippen LogP contribution in [0.4, 0.5) is 0 Å². The summed E-state index contributed by atoms with van der Waals surface area (Å²) in [5, 5.41) is 3.73. The van der Waals surface area contributed by atoms with Gasteiger partial charge in [0.05, 0.1) is 0 Å². The molecular weight excluding hydrogens is 309 g/mol. The second kappa shape index (κ2) is 5.50. The standard InChI is InChI=1S/C14H20IN/c1-2-8-14(9-3-10-16-14)11-12-4-6-13(15)7-5-12/h4-7,16H,2-3,8-11H2,1H3. The van der Waals surface area contributed by atoms with Crippen LogP contribution >= 0.6 is 22.6 Å². The van der Waals surface area contributed by atoms with Crippen molar-refractivity contribution in [3.63, 3.8) is 0 Å². The molecule has 0 spiro atoms. The van der Waals surface area contributed by atoms with E-state index >= 15 is 0 Å². The van der Waals surface area contributed by atoms with E-state index in [0.717, 1.165) is 0 Å². The van der Waals surface area contributed by atoms with Crippen LogP contribution in [0.5, 0.6) is 0 Å². The zero-order valence-electron chi connectivity index (χ0n) is 9.93. The number of hydrogen-bond donors (Lipinski definition) is 1. The molecule has 1 nitrogen and oxygen atoms in total. The largest absolute Gasteiger partial charge is 0.311 e. The molecule has 1 unspecified atom stereocenters. The lowest BCUT2D eigenvalue weighted by Gasteiger charge is -2.29. The van der Waals surface area contributed by atoms with Crippen LogP contribution in [0.1, 0.15) is 38.2 Å². The Balaban J connectivity index is 2.08. The van der Waals surface area contributed by atoms with E-state index in [-0.39, 0.29) is 0 Å². The highest BCUT2D eigenvalue weighted by Gasteiger charge is 2.32. The fourth-order valence-electron chi connectivity index (χ4n) is 2.79. The molecule has 1 aliphatic rings. The minimum atomic E-state index is 0.390. The summed E-state index contributed by atoms with van der Waals surface area (Å²) in [6.07, 6.45) is 6.45. The van der Waals surface area contributed by atoms with Crippen molar-refractivity contribution in [1.29, 1.82) is 0 Å². The van der Waals surface area contributed by atoms with E-state index in [1.807, 2.05) is 0 Å². The third-order valence-electron chi connectivity index (χ3n) is 3.52. The Morgan fingerprint density at radius 1 is 1.31 bits per heavy atom. The normalized spacial score (nSPS) is 24.9. The van der Waals surface area contributed by atoms with Gasteiger partial charge in [0.2, 0.25) is 0 Å². The van der Waals surface area contributed by atoms with Gasteiger partial charge in [-0.05, 0) is 72.5 Å². The van der Waals surface area contributed by atoms with Gasteiger partial charge in [0.25, 0.3) is 0 Å². The Hall–Kier alpha value is -0.0900. The number of benzene rings is 1. The predicted molar refractivity (Wildman–Crippen MR) is 77.7 cm³/mol. The monoisotopic (exact) mass is 329 g/mol. The molecule has 0 aromatic heterocycles. The van der Waals surface area contributed by atoms with Crippen LogP contribution in [0.2, 0.25) is 0 Å². The maximum atomic E-state index is 3.73. The highest BCUT2D eigenvalue weighted by Crippen LogP contribution is 2.28. The molecule has 1 aliphatic heterocycles. The number of nitrogens with one attached hydrogen (secondary N) is 1. The van der Waals surface area contributed by atoms with E-state index in [1.165, 1.54) is 47.8 Å². The molecule has 1 atom stereocenters. The van der Waals surface area contributed by atoms with Gasteiger partial charge in [0, 0.05) is 9.11 Å². The fourth-order valence-corrected chi connectivity index (χ4v) is 3.15. The first-order valence-electron chi connectivity index (χ1n) is 6.24. The lowest BCUT2D eigenvalue weighted by Crippen LogP contribution is -2.41. The minimum Gasteiger partial charge on any atom is -0.311 e. The zero-order chi connectivity index (χ0) is 11.4. The number of halogens is 1. The number of hydrogen-bond acceptors (Lipinski definition) is 1. The SMILES string of the molecule is CCCC1(Cc2ccc(I)cc2)CCCN1. The topological polar surface area (TPSA) is 12.0 Å². The van der Waals surface area contributed by atoms with Crippen LogP contribution in [0, 0.1) is 3.57 Å². The van der Waals surface area contributed by atoms with Gasteiger partial charge in [0.15, 0.2) is 0 Å². The van der Waals surface area contributed by atoms with Gasteiger partial charge < -0.3 is 5.32 Å². The molecule has 0 saturated carbocycles. The quantitative estimate of drug-likeness (QED) is 0.830. The number of rotatable bonds is 4. The smallest absolute Gasteiger partial charge is 0.0222 e. The average Bonchev–Trinajstić information content (AvgIpc) is 2.71. The second-order valence-corrected chi connectivity index (χ2v) is 6.11. The molecule has 0 aliphatic carbocycles. The van der Waals surface area contributed by atoms with Crippen molar-refractivity contribution in [2.24, 2.45) is 0 Å².